The number of esters is 1. The first-order chi connectivity index (χ1) is 12.1. The maximum atomic E-state index is 12.0. The molecule has 0 unspecified atom stereocenters. The highest BCUT2D eigenvalue weighted by Gasteiger charge is 2.11. The van der Waals surface area contributed by atoms with Gasteiger partial charge in [-0.3, -0.25) is 4.79 Å². The molecule has 25 heavy (non-hydrogen) atoms. The van der Waals surface area contributed by atoms with Gasteiger partial charge in [0.2, 0.25) is 0 Å². The van der Waals surface area contributed by atoms with Crippen molar-refractivity contribution in [2.24, 2.45) is 5.73 Å². The molecule has 0 aliphatic carbocycles. The van der Waals surface area contributed by atoms with Crippen molar-refractivity contribution in [1.29, 1.82) is 0 Å². The second kappa shape index (κ2) is 7.05. The number of carbonyl (C=O) groups excluding carboxylic acids is 2. The van der Waals surface area contributed by atoms with Crippen LogP contribution < -0.4 is 5.73 Å². The van der Waals surface area contributed by atoms with Crippen LogP contribution in [0.25, 0.3) is 16.5 Å². The van der Waals surface area contributed by atoms with Gasteiger partial charge in [0.15, 0.2) is 0 Å². The van der Waals surface area contributed by atoms with Gasteiger partial charge in [0, 0.05) is 17.0 Å². The summed E-state index contributed by atoms with van der Waals surface area (Å²) < 4.78 is 5.06. The zero-order chi connectivity index (χ0) is 17.8. The number of nitrogens with one attached hydrogen (secondary N) is 1. The Balaban J connectivity index is 2.11. The van der Waals surface area contributed by atoms with E-state index in [4.69, 9.17) is 10.5 Å². The molecule has 3 rings (SSSR count). The van der Waals surface area contributed by atoms with Gasteiger partial charge in [-0.05, 0) is 41.8 Å². The van der Waals surface area contributed by atoms with Gasteiger partial charge in [0.05, 0.1) is 6.61 Å². The highest BCUT2D eigenvalue weighted by Crippen LogP contribution is 2.27. The quantitative estimate of drug-likeness (QED) is 0.555. The molecule has 0 saturated carbocycles. The summed E-state index contributed by atoms with van der Waals surface area (Å²) in [6.45, 7) is 2.08. The van der Waals surface area contributed by atoms with Crippen molar-refractivity contribution in [2.75, 3.05) is 6.61 Å². The molecule has 0 aliphatic rings. The van der Waals surface area contributed by atoms with Crippen LogP contribution >= 0.6 is 0 Å². The first-order valence-corrected chi connectivity index (χ1v) is 7.95. The molecule has 0 atom stereocenters. The van der Waals surface area contributed by atoms with Crippen molar-refractivity contribution >= 4 is 28.4 Å². The van der Waals surface area contributed by atoms with Crippen molar-refractivity contribution in [3.05, 3.63) is 77.5 Å². The topological polar surface area (TPSA) is 85.2 Å². The summed E-state index contributed by atoms with van der Waals surface area (Å²) in [5, 5.41) is 0.844. The summed E-state index contributed by atoms with van der Waals surface area (Å²) in [7, 11) is 0. The van der Waals surface area contributed by atoms with E-state index in [1.807, 2.05) is 48.5 Å². The van der Waals surface area contributed by atoms with Crippen LogP contribution in [0, 0.1) is 0 Å². The highest BCUT2D eigenvalue weighted by molar-refractivity contribution is 6.00. The van der Waals surface area contributed by atoms with E-state index in [-0.39, 0.29) is 0 Å². The Morgan fingerprint density at radius 2 is 1.84 bits per heavy atom. The first kappa shape index (κ1) is 16.5. The number of aromatic nitrogens is 1. The molecule has 1 aromatic heterocycles. The maximum absolute atomic E-state index is 12.0. The number of nitrogens with two attached hydrogens (primary N) is 1. The van der Waals surface area contributed by atoms with Gasteiger partial charge in [-0.1, -0.05) is 36.4 Å². The fraction of sp³-hybridized carbons (Fsp3) is 0.100. The number of aromatic amines is 1. The zero-order valence-corrected chi connectivity index (χ0v) is 13.8. The van der Waals surface area contributed by atoms with E-state index in [1.165, 1.54) is 6.08 Å². The smallest absolute Gasteiger partial charge is 0.331 e. The van der Waals surface area contributed by atoms with E-state index in [2.05, 4.69) is 4.98 Å². The Morgan fingerprint density at radius 1 is 1.08 bits per heavy atom. The molecule has 3 aromatic rings. The van der Waals surface area contributed by atoms with Crippen LogP contribution in [0.3, 0.4) is 0 Å². The monoisotopic (exact) mass is 334 g/mol. The molecule has 1 amide bonds. The molecule has 3 N–H and O–H groups in total. The maximum Gasteiger partial charge on any atom is 0.331 e. The number of fused-ring (bicyclic) bond motifs is 1. The average Bonchev–Trinajstić information content (AvgIpc) is 3.04. The van der Waals surface area contributed by atoms with Crippen molar-refractivity contribution in [3.8, 4) is 0 Å². The predicted octanol–water partition coefficient (Wildman–Crippen LogP) is 3.26. The van der Waals surface area contributed by atoms with Crippen molar-refractivity contribution in [1.82, 2.24) is 4.98 Å². The number of rotatable bonds is 5. The molecule has 1 heterocycles. The fourth-order valence-electron chi connectivity index (χ4n) is 2.69. The van der Waals surface area contributed by atoms with E-state index < -0.39 is 11.9 Å². The summed E-state index contributed by atoms with van der Waals surface area (Å²) in [6, 6.07) is 17.0. The Kier molecular flexibility index (Phi) is 4.66. The summed E-state index contributed by atoms with van der Waals surface area (Å²) in [6.07, 6.45) is 1.49. The summed E-state index contributed by atoms with van der Waals surface area (Å²) in [5.41, 5.74) is 8.98. The van der Waals surface area contributed by atoms with E-state index >= 15 is 0 Å². The Morgan fingerprint density at radius 3 is 2.52 bits per heavy atom. The van der Waals surface area contributed by atoms with Crippen LogP contribution in [0.1, 0.15) is 28.5 Å². The molecule has 2 aromatic carbocycles. The molecule has 0 saturated heterocycles. The number of hydrogen-bond donors (Lipinski definition) is 2. The third-order valence-corrected chi connectivity index (χ3v) is 3.83. The van der Waals surface area contributed by atoms with E-state index in [1.54, 1.807) is 13.0 Å². The van der Waals surface area contributed by atoms with E-state index in [9.17, 15) is 9.59 Å². The van der Waals surface area contributed by atoms with Gasteiger partial charge in [0.25, 0.3) is 5.91 Å². The predicted molar refractivity (Wildman–Crippen MR) is 97.0 cm³/mol. The van der Waals surface area contributed by atoms with Crippen LogP contribution in [0.2, 0.25) is 0 Å². The van der Waals surface area contributed by atoms with Gasteiger partial charge in [-0.2, -0.15) is 0 Å². The minimum atomic E-state index is -0.511. The second-order valence-electron chi connectivity index (χ2n) is 5.53. The standard InChI is InChI=1S/C20H18N2O3/c1-2-25-19(23)12-16(13-6-4-3-5-7-13)14-8-9-17-15(10-14)11-18(22-17)20(21)24/h3-12,22H,2H2,1H3,(H2,21,24)/b16-12+. The molecule has 0 fully saturated rings. The summed E-state index contributed by atoms with van der Waals surface area (Å²) >= 11 is 0. The van der Waals surface area contributed by atoms with Crippen LogP contribution in [0.5, 0.6) is 0 Å². The van der Waals surface area contributed by atoms with Crippen molar-refractivity contribution in [2.45, 2.75) is 6.92 Å². The van der Waals surface area contributed by atoms with Crippen LogP contribution in [0.15, 0.2) is 60.7 Å². The molecule has 0 bridgehead atoms. The summed E-state index contributed by atoms with van der Waals surface area (Å²) in [5.74, 6) is -0.906. The number of amides is 1. The number of hydrogen-bond acceptors (Lipinski definition) is 3. The van der Waals surface area contributed by atoms with Crippen LogP contribution in [-0.4, -0.2) is 23.5 Å². The fourth-order valence-corrected chi connectivity index (χ4v) is 2.69. The zero-order valence-electron chi connectivity index (χ0n) is 13.8. The number of H-pyrrole nitrogens is 1. The molecule has 0 aliphatic heterocycles. The first-order valence-electron chi connectivity index (χ1n) is 7.95. The third kappa shape index (κ3) is 3.61. The number of carbonyl (C=O) groups is 2. The number of ether oxygens (including phenoxy) is 1. The van der Waals surface area contributed by atoms with Gasteiger partial charge in [-0.25, -0.2) is 4.79 Å². The Bertz CT molecular complexity index is 955. The number of primary amides is 1. The summed E-state index contributed by atoms with van der Waals surface area (Å²) in [4.78, 5) is 26.3. The molecule has 5 heteroatoms. The minimum absolute atomic E-state index is 0.316. The van der Waals surface area contributed by atoms with Gasteiger partial charge >= 0.3 is 5.97 Å². The van der Waals surface area contributed by atoms with Crippen LogP contribution in [0.4, 0.5) is 0 Å². The lowest BCUT2D eigenvalue weighted by atomic mass is 9.96. The van der Waals surface area contributed by atoms with Gasteiger partial charge in [0.1, 0.15) is 5.69 Å². The van der Waals surface area contributed by atoms with E-state index in [0.717, 1.165) is 27.6 Å². The molecular formula is C20H18N2O3. The van der Waals surface area contributed by atoms with E-state index in [0.29, 0.717) is 12.3 Å². The average molecular weight is 334 g/mol. The van der Waals surface area contributed by atoms with Crippen molar-refractivity contribution in [3.63, 3.8) is 0 Å². The second-order valence-corrected chi connectivity index (χ2v) is 5.53. The Hall–Kier alpha value is -3.34. The molecule has 0 radical (unpaired) electrons. The lowest BCUT2D eigenvalue weighted by Crippen LogP contribution is -2.10. The van der Waals surface area contributed by atoms with Gasteiger partial charge in [-0.15, -0.1) is 0 Å². The molecular weight excluding hydrogens is 316 g/mol. The molecule has 0 spiro atoms. The Labute approximate surface area is 145 Å². The molecule has 126 valence electrons. The lowest BCUT2D eigenvalue weighted by molar-refractivity contribution is -0.137. The van der Waals surface area contributed by atoms with Gasteiger partial charge < -0.3 is 15.5 Å². The lowest BCUT2D eigenvalue weighted by Gasteiger charge is -2.09. The normalized spacial score (nSPS) is 11.5. The van der Waals surface area contributed by atoms with Crippen molar-refractivity contribution < 1.29 is 14.3 Å². The SMILES string of the molecule is CCOC(=O)/C=C(\c1ccccc1)c1ccc2[nH]c(C(N)=O)cc2c1. The largest absolute Gasteiger partial charge is 0.463 e. The molecule has 5 nitrogen and oxygen atoms in total. The third-order valence-electron chi connectivity index (χ3n) is 3.83. The minimum Gasteiger partial charge on any atom is -0.463 e. The number of benzene rings is 2. The van der Waals surface area contributed by atoms with Crippen LogP contribution in [-0.2, 0) is 9.53 Å². The highest BCUT2D eigenvalue weighted by atomic mass is 16.5.